The highest BCUT2D eigenvalue weighted by Gasteiger charge is 2.34. The van der Waals surface area contributed by atoms with Crippen LogP contribution in [0.3, 0.4) is 0 Å². The van der Waals surface area contributed by atoms with Gasteiger partial charge in [-0.05, 0) is 119 Å². The predicted octanol–water partition coefficient (Wildman–Crippen LogP) is 7.82. The van der Waals surface area contributed by atoms with Crippen LogP contribution in [0, 0.1) is 20.2 Å². The maximum absolute atomic E-state index is 12.9. The summed E-state index contributed by atoms with van der Waals surface area (Å²) in [6, 6.07) is 40.3. The molecule has 3 heterocycles. The number of piperazine rings is 3. The van der Waals surface area contributed by atoms with Crippen molar-refractivity contribution in [1.29, 1.82) is 0 Å². The van der Waals surface area contributed by atoms with E-state index in [0.717, 1.165) is 66.4 Å². The highest BCUT2D eigenvalue weighted by atomic mass is 35.7. The Balaban J connectivity index is 0.000000213. The molecule has 3 aliphatic rings. The van der Waals surface area contributed by atoms with Gasteiger partial charge in [-0.1, -0.05) is 80.2 Å². The van der Waals surface area contributed by atoms with Crippen molar-refractivity contribution >= 4 is 73.9 Å². The zero-order valence-corrected chi connectivity index (χ0v) is 50.3. The Morgan fingerprint density at radius 1 is 0.452 bits per heavy atom. The first kappa shape index (κ1) is 68.0. The van der Waals surface area contributed by atoms with Crippen LogP contribution in [0.4, 0.5) is 34.1 Å². The molecule has 0 amide bonds. The van der Waals surface area contributed by atoms with Crippen LogP contribution in [-0.4, -0.2) is 138 Å². The van der Waals surface area contributed by atoms with Gasteiger partial charge in [0, 0.05) is 118 Å². The molecule has 6 N–H and O–H groups in total. The fourth-order valence-electron chi connectivity index (χ4n) is 9.17. The third-order valence-corrected chi connectivity index (χ3v) is 19.2. The van der Waals surface area contributed by atoms with E-state index in [4.69, 9.17) is 16.4 Å². The Morgan fingerprint density at radius 2 is 0.738 bits per heavy atom. The maximum atomic E-state index is 12.9. The third-order valence-electron chi connectivity index (χ3n) is 14.0. The Morgan fingerprint density at radius 3 is 1.05 bits per heavy atom. The highest BCUT2D eigenvalue weighted by molar-refractivity contribution is 8.13. The second-order valence-electron chi connectivity index (χ2n) is 21.3. The third kappa shape index (κ3) is 17.9. The number of sulfonamides is 2. The van der Waals surface area contributed by atoms with E-state index in [9.17, 15) is 60.8 Å². The first-order valence-electron chi connectivity index (χ1n) is 26.5. The summed E-state index contributed by atoms with van der Waals surface area (Å²) in [4.78, 5) is 26.0. The molecule has 84 heavy (non-hydrogen) atoms. The molecule has 6 aromatic rings. The van der Waals surface area contributed by atoms with E-state index in [1.807, 2.05) is 74.5 Å². The van der Waals surface area contributed by atoms with E-state index >= 15 is 0 Å². The number of nitrogens with two attached hydrogens (primary N) is 1. The lowest BCUT2D eigenvalue weighted by Gasteiger charge is -2.35. The average molecular weight is 1240 g/mol. The summed E-state index contributed by atoms with van der Waals surface area (Å²) in [6.45, 7) is 18.2. The van der Waals surface area contributed by atoms with Gasteiger partial charge in [0.05, 0.1) is 32.3 Å². The van der Waals surface area contributed by atoms with Gasteiger partial charge in [-0.25, -0.2) is 25.3 Å². The molecule has 0 saturated carbocycles. The molecule has 26 heteroatoms. The lowest BCUT2D eigenvalue weighted by Crippen LogP contribution is -2.48. The minimum atomic E-state index is -4.05. The topological polar surface area (TPSA) is 304 Å². The van der Waals surface area contributed by atoms with Crippen LogP contribution in [0.15, 0.2) is 160 Å². The number of halogens is 1. The molecule has 0 bridgehead atoms. The quantitative estimate of drug-likeness (QED) is 0.0318. The second kappa shape index (κ2) is 28.4. The molecule has 9 rings (SSSR count). The molecule has 0 unspecified atom stereocenters. The standard InChI is InChI=1S/C19H23N3O5S.C19H25N3O3S.C13H20N2O.C6H4ClNO4S.CH4/c1-19(2,23)15-7-9-16(10-8-15)20-11-13-21(14-12-20)28(26,27)18-6-4-3-5-17(18)22(24)25;1-19(2,23)15-7-9-16(10-8-15)21-11-13-22(14-12-21)26(24,25)18-6-4-3-5-17(18)20;1-13(2,16)11-3-5-12(6-4-11)15-9-7-14-8-10-15;7-13(11,12)6-4-2-1-3-5(6)8(9)10;/h3-10,23H,11-14H2,1-2H3;3-10,23H,11-14,20H2,1-2H3;3-6,14,16H,7-10H2,1-2H3;1-4H;1H4. The smallest absolute Gasteiger partial charge is 0.289 e. The fourth-order valence-corrected chi connectivity index (χ4v) is 13.3. The molecule has 0 aromatic heterocycles. The SMILES string of the molecule is C.CC(C)(O)c1ccc(N2CCN(S(=O)(=O)c3ccccc3N)CC2)cc1.CC(C)(O)c1ccc(N2CCN(S(=O)(=O)c3ccccc3[N+](=O)[O-])CC2)cc1.CC(C)(O)c1ccc(N2CCNCC2)cc1.O=[N+]([O-])c1ccccc1S(=O)(=O)Cl. The summed E-state index contributed by atoms with van der Waals surface area (Å²) in [6.07, 6.45) is 0. The fraction of sp³-hybridized carbons (Fsp3) is 0.379. The Hall–Kier alpha value is -6.78. The molecular formula is C58H76ClN9O13S3. The minimum Gasteiger partial charge on any atom is -0.398 e. The Kier molecular flexibility index (Phi) is 23.0. The molecule has 456 valence electrons. The maximum Gasteiger partial charge on any atom is 0.289 e. The number of nitrogens with zero attached hydrogens (tertiary/aromatic N) is 7. The first-order valence-corrected chi connectivity index (χ1v) is 31.7. The number of rotatable bonds is 13. The van der Waals surface area contributed by atoms with Gasteiger partial charge in [-0.3, -0.25) is 20.2 Å². The number of benzene rings is 6. The number of nitrogens with one attached hydrogen (secondary N) is 1. The molecule has 6 aromatic carbocycles. The van der Waals surface area contributed by atoms with Crippen LogP contribution < -0.4 is 25.8 Å². The van der Waals surface area contributed by atoms with Crippen molar-refractivity contribution in [1.82, 2.24) is 13.9 Å². The van der Waals surface area contributed by atoms with Gasteiger partial charge in [0.1, 0.15) is 4.90 Å². The summed E-state index contributed by atoms with van der Waals surface area (Å²) in [7, 11) is -6.59. The number of hydrogen-bond acceptors (Lipinski definition) is 18. The molecule has 0 spiro atoms. The molecule has 0 aliphatic carbocycles. The van der Waals surface area contributed by atoms with Crippen LogP contribution >= 0.6 is 10.7 Å². The molecule has 0 atom stereocenters. The van der Waals surface area contributed by atoms with Crippen LogP contribution in [0.25, 0.3) is 0 Å². The van der Waals surface area contributed by atoms with E-state index in [1.165, 1.54) is 50.7 Å². The zero-order chi connectivity index (χ0) is 61.1. The number of anilines is 4. The Labute approximate surface area is 497 Å². The van der Waals surface area contributed by atoms with E-state index in [2.05, 4.69) is 32.1 Å². The van der Waals surface area contributed by atoms with Gasteiger partial charge in [0.15, 0.2) is 9.79 Å². The number of para-hydroxylation sites is 3. The lowest BCUT2D eigenvalue weighted by atomic mass is 9.98. The van der Waals surface area contributed by atoms with Crippen LogP contribution in [-0.2, 0) is 45.9 Å². The molecule has 3 aliphatic heterocycles. The van der Waals surface area contributed by atoms with Gasteiger partial charge >= 0.3 is 0 Å². The molecule has 0 radical (unpaired) electrons. The lowest BCUT2D eigenvalue weighted by molar-refractivity contribution is -0.388. The zero-order valence-electron chi connectivity index (χ0n) is 47.1. The second-order valence-corrected chi connectivity index (χ2v) is 27.6. The van der Waals surface area contributed by atoms with Gasteiger partial charge in [0.25, 0.3) is 20.4 Å². The van der Waals surface area contributed by atoms with E-state index < -0.39 is 72.0 Å². The van der Waals surface area contributed by atoms with Crippen molar-refractivity contribution in [2.75, 3.05) is 99.0 Å². The van der Waals surface area contributed by atoms with Crippen LogP contribution in [0.2, 0.25) is 0 Å². The van der Waals surface area contributed by atoms with Gasteiger partial charge in [-0.15, -0.1) is 0 Å². The summed E-state index contributed by atoms with van der Waals surface area (Å²) in [5.41, 5.74) is 8.47. The molecule has 3 fully saturated rings. The number of nitro benzene ring substituents is 2. The van der Waals surface area contributed by atoms with Crippen molar-refractivity contribution in [3.05, 3.63) is 183 Å². The normalized spacial score (nSPS) is 15.6. The van der Waals surface area contributed by atoms with Crippen LogP contribution in [0.1, 0.15) is 65.7 Å². The number of nitrogen functional groups attached to an aromatic ring is 1. The summed E-state index contributed by atoms with van der Waals surface area (Å²) in [5.74, 6) is 0. The first-order chi connectivity index (χ1) is 38.8. The van der Waals surface area contributed by atoms with Crippen molar-refractivity contribution < 1.29 is 50.4 Å². The van der Waals surface area contributed by atoms with Gasteiger partial charge < -0.3 is 41.1 Å². The van der Waals surface area contributed by atoms with Gasteiger partial charge in [-0.2, -0.15) is 8.61 Å². The summed E-state index contributed by atoms with van der Waals surface area (Å²) in [5, 5.41) is 54.8. The Bertz CT molecular complexity index is 3500. The average Bonchev–Trinajstić information content (AvgIpc) is 2.72. The number of nitro groups is 2. The summed E-state index contributed by atoms with van der Waals surface area (Å²) >= 11 is 0. The number of aliphatic hydroxyl groups is 3. The molecular weight excluding hydrogens is 1160 g/mol. The minimum absolute atomic E-state index is 0. The van der Waals surface area contributed by atoms with Gasteiger partial charge in [0.2, 0.25) is 20.0 Å². The highest BCUT2D eigenvalue weighted by Crippen LogP contribution is 2.31. The van der Waals surface area contributed by atoms with E-state index in [1.54, 1.807) is 52.0 Å². The van der Waals surface area contributed by atoms with Crippen molar-refractivity contribution in [3.63, 3.8) is 0 Å². The van der Waals surface area contributed by atoms with Crippen LogP contribution in [0.5, 0.6) is 0 Å². The van der Waals surface area contributed by atoms with E-state index in [-0.39, 0.29) is 36.0 Å². The molecule has 3 saturated heterocycles. The van der Waals surface area contributed by atoms with Crippen molar-refractivity contribution in [2.45, 2.75) is 80.5 Å². The molecule has 22 nitrogen and oxygen atoms in total. The largest absolute Gasteiger partial charge is 0.398 e. The predicted molar refractivity (Wildman–Crippen MR) is 329 cm³/mol. The van der Waals surface area contributed by atoms with E-state index in [0.29, 0.717) is 39.3 Å². The summed E-state index contributed by atoms with van der Waals surface area (Å²) < 4.78 is 75.8. The van der Waals surface area contributed by atoms with Crippen molar-refractivity contribution in [3.8, 4) is 0 Å². The monoisotopic (exact) mass is 1240 g/mol. The van der Waals surface area contributed by atoms with Crippen molar-refractivity contribution in [2.24, 2.45) is 0 Å². The number of hydrogen-bond donors (Lipinski definition) is 5.